The molecule has 2 heterocycles. The Hall–Kier alpha value is -3.26. The van der Waals surface area contributed by atoms with Gasteiger partial charge in [0.1, 0.15) is 32.1 Å². The molecule has 2 atom stereocenters. The highest BCUT2D eigenvalue weighted by Gasteiger charge is 2.37. The molecule has 1 aliphatic heterocycles. The summed E-state index contributed by atoms with van der Waals surface area (Å²) in [4.78, 5) is 51.6. The van der Waals surface area contributed by atoms with Gasteiger partial charge in [-0.25, -0.2) is 4.79 Å². The number of esters is 3. The zero-order valence-corrected chi connectivity index (χ0v) is 50.5. The third-order valence-corrected chi connectivity index (χ3v) is 15.7. The van der Waals surface area contributed by atoms with E-state index in [1.54, 1.807) is 0 Å². The standard InChI is InChI=1S/C62H112N3O10S/c1-8-11-14-17-19-21-23-25-27-29-31-33-36-43-56(66)71-50-55(51-72-57(67)44-37-34-32-30-28-26-24-22-20-18-15-12-9-2)75-58(68)45-38-35-39-46-62(5,6)52-73-61(69)74-53(4)65(7)47-41-42-54(49-65)59-60(64-76-63-59)70-48-40-16-13-10-3/h42,53,55H,8-41,43-52H2,1-7H3/q+1/t53-,65?/m0/s1. The molecule has 0 radical (unpaired) electrons. The van der Waals surface area contributed by atoms with Crippen molar-refractivity contribution in [2.75, 3.05) is 46.6 Å². The molecule has 0 saturated carbocycles. The third-order valence-electron chi connectivity index (χ3n) is 15.1. The van der Waals surface area contributed by atoms with Gasteiger partial charge in [0, 0.05) is 38.2 Å². The predicted octanol–water partition coefficient (Wildman–Crippen LogP) is 17.2. The number of carbonyl (C=O) groups excluding carboxylic acids is 4. The first-order chi connectivity index (χ1) is 36.8. The summed E-state index contributed by atoms with van der Waals surface area (Å²) in [5.41, 5.74) is 1.53. The van der Waals surface area contributed by atoms with Gasteiger partial charge >= 0.3 is 24.1 Å². The number of unbranched alkanes of at least 4 members (excludes halogenated alkanes) is 29. The van der Waals surface area contributed by atoms with E-state index in [0.717, 1.165) is 107 Å². The number of aromatic nitrogens is 2. The minimum absolute atomic E-state index is 0.138. The first-order valence-corrected chi connectivity index (χ1v) is 31.9. The molecule has 0 aliphatic carbocycles. The van der Waals surface area contributed by atoms with Crippen molar-refractivity contribution in [2.24, 2.45) is 5.41 Å². The zero-order valence-electron chi connectivity index (χ0n) is 49.7. The highest BCUT2D eigenvalue weighted by Crippen LogP contribution is 2.32. The van der Waals surface area contributed by atoms with Crippen molar-refractivity contribution in [3.63, 3.8) is 0 Å². The van der Waals surface area contributed by atoms with Gasteiger partial charge in [0.05, 0.1) is 31.9 Å². The first kappa shape index (κ1) is 68.8. The molecule has 1 aromatic heterocycles. The molecular formula is C62H112N3O10S+. The van der Waals surface area contributed by atoms with Crippen molar-refractivity contribution in [3.8, 4) is 5.88 Å². The van der Waals surface area contributed by atoms with Crippen molar-refractivity contribution < 1.29 is 52.1 Å². The number of carbonyl (C=O) groups is 4. The number of ether oxygens (including phenoxy) is 6. The lowest BCUT2D eigenvalue weighted by molar-refractivity contribution is -0.944. The van der Waals surface area contributed by atoms with Gasteiger partial charge in [-0.2, -0.15) is 4.37 Å². The van der Waals surface area contributed by atoms with Crippen LogP contribution in [0.5, 0.6) is 5.88 Å². The van der Waals surface area contributed by atoms with Crippen LogP contribution in [-0.4, -0.2) is 96.2 Å². The molecule has 14 heteroatoms. The van der Waals surface area contributed by atoms with Gasteiger partial charge in [0.25, 0.3) is 5.88 Å². The Kier molecular flexibility index (Phi) is 40.4. The molecule has 0 N–H and O–H groups in total. The molecule has 13 nitrogen and oxygen atoms in total. The predicted molar refractivity (Wildman–Crippen MR) is 309 cm³/mol. The smallest absolute Gasteiger partial charge is 0.475 e. The van der Waals surface area contributed by atoms with E-state index in [4.69, 9.17) is 28.4 Å². The van der Waals surface area contributed by atoms with Crippen LogP contribution in [-0.2, 0) is 38.1 Å². The Morgan fingerprint density at radius 1 is 0.566 bits per heavy atom. The fraction of sp³-hybridized carbons (Fsp3) is 0.871. The van der Waals surface area contributed by atoms with E-state index < -0.39 is 24.5 Å². The van der Waals surface area contributed by atoms with Gasteiger partial charge in [0.15, 0.2) is 6.10 Å². The summed E-state index contributed by atoms with van der Waals surface area (Å²) in [6.45, 7) is 14.7. The molecule has 76 heavy (non-hydrogen) atoms. The second kappa shape index (κ2) is 44.6. The van der Waals surface area contributed by atoms with E-state index in [1.807, 2.05) is 6.92 Å². The maximum atomic E-state index is 13.1. The summed E-state index contributed by atoms with van der Waals surface area (Å²) < 4.78 is 44.0. The van der Waals surface area contributed by atoms with Crippen LogP contribution >= 0.6 is 11.7 Å². The van der Waals surface area contributed by atoms with Gasteiger partial charge in [0.2, 0.25) is 6.23 Å². The van der Waals surface area contributed by atoms with Crippen LogP contribution in [0, 0.1) is 5.41 Å². The molecule has 0 amide bonds. The second-order valence-electron chi connectivity index (χ2n) is 23.2. The van der Waals surface area contributed by atoms with Crippen LogP contribution in [0.15, 0.2) is 6.08 Å². The molecule has 0 spiro atoms. The Bertz CT molecular complexity index is 1620. The molecule has 0 fully saturated rings. The lowest BCUT2D eigenvalue weighted by atomic mass is 9.88. The largest absolute Gasteiger partial charge is 0.512 e. The van der Waals surface area contributed by atoms with Gasteiger partial charge in [-0.1, -0.05) is 227 Å². The fourth-order valence-corrected chi connectivity index (χ4v) is 10.4. The molecule has 1 unspecified atom stereocenters. The Morgan fingerprint density at radius 3 is 1.49 bits per heavy atom. The van der Waals surface area contributed by atoms with Gasteiger partial charge < -0.3 is 28.4 Å². The third kappa shape index (κ3) is 35.3. The molecule has 1 aliphatic rings. The molecule has 0 saturated heterocycles. The topological polar surface area (TPSA) is 149 Å². The summed E-state index contributed by atoms with van der Waals surface area (Å²) in [6, 6.07) is 0. The molecule has 2 rings (SSSR count). The van der Waals surface area contributed by atoms with Crippen LogP contribution in [0.3, 0.4) is 0 Å². The summed E-state index contributed by atoms with van der Waals surface area (Å²) in [5, 5.41) is 0. The van der Waals surface area contributed by atoms with E-state index in [-0.39, 0.29) is 43.6 Å². The summed E-state index contributed by atoms with van der Waals surface area (Å²) >= 11 is 1.16. The minimum atomic E-state index is -0.858. The maximum Gasteiger partial charge on any atom is 0.512 e. The lowest BCUT2D eigenvalue weighted by Gasteiger charge is -2.41. The lowest BCUT2D eigenvalue weighted by Crippen LogP contribution is -2.55. The quantitative estimate of drug-likeness (QED) is 0.0264. The van der Waals surface area contributed by atoms with Crippen LogP contribution in [0.4, 0.5) is 4.79 Å². The number of hydrogen-bond acceptors (Lipinski definition) is 13. The van der Waals surface area contributed by atoms with E-state index in [9.17, 15) is 19.2 Å². The van der Waals surface area contributed by atoms with Gasteiger partial charge in [-0.15, -0.1) is 4.37 Å². The van der Waals surface area contributed by atoms with Gasteiger partial charge in [-0.3, -0.25) is 18.9 Å². The SMILES string of the molecule is CCCCCCCCCCCCCCCC(=O)OCC(COC(=O)CCCCCCCCCCCCCCC)OC(=O)CCCCCC(C)(C)COC(=O)O[C@@H](C)[N+]1(C)CCC=C(c2nsnc2OCCCCCC)C1. The molecule has 0 aromatic carbocycles. The fourth-order valence-electron chi connectivity index (χ4n) is 9.85. The van der Waals surface area contributed by atoms with Crippen molar-refractivity contribution in [2.45, 2.75) is 298 Å². The van der Waals surface area contributed by atoms with Crippen molar-refractivity contribution >= 4 is 41.4 Å². The normalized spacial score (nSPS) is 15.1. The first-order valence-electron chi connectivity index (χ1n) is 31.2. The average molecular weight is 1090 g/mol. The average Bonchev–Trinajstić information content (AvgIpc) is 3.87. The van der Waals surface area contributed by atoms with Crippen LogP contribution in [0.2, 0.25) is 0 Å². The number of rotatable bonds is 50. The monoisotopic (exact) mass is 1090 g/mol. The minimum Gasteiger partial charge on any atom is -0.475 e. The zero-order chi connectivity index (χ0) is 55.4. The van der Waals surface area contributed by atoms with E-state index >= 15 is 0 Å². The Balaban J connectivity index is 1.73. The Labute approximate surface area is 467 Å². The highest BCUT2D eigenvalue weighted by atomic mass is 32.1. The van der Waals surface area contributed by atoms with E-state index in [1.165, 1.54) is 141 Å². The number of likely N-dealkylation sites (N-methyl/N-ethyl adjacent to an activating group) is 1. The number of quaternary nitrogens is 1. The second-order valence-corrected chi connectivity index (χ2v) is 23.7. The van der Waals surface area contributed by atoms with Crippen LogP contribution in [0.25, 0.3) is 5.57 Å². The summed E-state index contributed by atoms with van der Waals surface area (Å²) in [5.74, 6) is -0.468. The van der Waals surface area contributed by atoms with E-state index in [2.05, 4.69) is 56.5 Å². The summed E-state index contributed by atoms with van der Waals surface area (Å²) in [7, 11) is 2.09. The molecular weight excluding hydrogens is 979 g/mol. The van der Waals surface area contributed by atoms with Gasteiger partial charge in [-0.05, 0) is 37.5 Å². The highest BCUT2D eigenvalue weighted by molar-refractivity contribution is 6.99. The maximum absolute atomic E-state index is 13.1. The van der Waals surface area contributed by atoms with E-state index in [0.29, 0.717) is 42.8 Å². The van der Waals surface area contributed by atoms with Crippen molar-refractivity contribution in [1.29, 1.82) is 0 Å². The van der Waals surface area contributed by atoms with Crippen LogP contribution in [0.1, 0.15) is 291 Å². The number of nitrogens with zero attached hydrogens (tertiary/aromatic N) is 3. The summed E-state index contributed by atoms with van der Waals surface area (Å²) in [6.07, 6.45) is 41.3. The molecule has 1 aromatic rings. The van der Waals surface area contributed by atoms with Crippen molar-refractivity contribution in [3.05, 3.63) is 11.8 Å². The Morgan fingerprint density at radius 2 is 1.00 bits per heavy atom. The van der Waals surface area contributed by atoms with Crippen LogP contribution < -0.4 is 4.74 Å². The molecule has 0 bridgehead atoms. The van der Waals surface area contributed by atoms with Crippen molar-refractivity contribution in [1.82, 2.24) is 8.75 Å². The number of hydrogen-bond donors (Lipinski definition) is 0. The molecule has 440 valence electrons.